The molecule has 0 saturated carbocycles. The Morgan fingerprint density at radius 3 is 2.77 bits per heavy atom. The van der Waals surface area contributed by atoms with Crippen molar-refractivity contribution in [2.45, 2.75) is 6.42 Å². The molecule has 6 heteroatoms. The number of hydrogen-bond donors (Lipinski definition) is 2. The maximum Gasteiger partial charge on any atom is 0.271 e. The highest BCUT2D eigenvalue weighted by molar-refractivity contribution is 6.01. The zero-order valence-corrected chi connectivity index (χ0v) is 17.0. The number of H-pyrrole nitrogens is 1. The predicted octanol–water partition coefficient (Wildman–Crippen LogP) is 4.41. The summed E-state index contributed by atoms with van der Waals surface area (Å²) in [6.07, 6.45) is 4.38. The van der Waals surface area contributed by atoms with Crippen LogP contribution in [0.5, 0.6) is 0 Å². The number of nitrogens with one attached hydrogen (secondary N) is 2. The van der Waals surface area contributed by atoms with Gasteiger partial charge in [-0.25, -0.2) is 10.4 Å². The van der Waals surface area contributed by atoms with Crippen molar-refractivity contribution < 1.29 is 4.79 Å². The molecule has 2 aromatic heterocycles. The van der Waals surface area contributed by atoms with E-state index in [1.807, 2.05) is 60.3 Å². The molecule has 6 nitrogen and oxygen atoms in total. The number of hydrazone groups is 1. The van der Waals surface area contributed by atoms with E-state index in [0.29, 0.717) is 12.0 Å². The highest BCUT2D eigenvalue weighted by atomic mass is 16.2. The summed E-state index contributed by atoms with van der Waals surface area (Å²) in [6, 6.07) is 23.7. The third-order valence-electron chi connectivity index (χ3n) is 5.31. The lowest BCUT2D eigenvalue weighted by molar-refractivity contribution is 0.0955. The van der Waals surface area contributed by atoms with Crippen LogP contribution in [0.15, 0.2) is 84.1 Å². The molecule has 0 bridgehead atoms. The summed E-state index contributed by atoms with van der Waals surface area (Å²) in [5.74, 6) is 0.602. The highest BCUT2D eigenvalue weighted by Gasteiger charge is 2.09. The Labute approximate surface area is 179 Å². The van der Waals surface area contributed by atoms with E-state index in [9.17, 15) is 4.79 Å². The van der Waals surface area contributed by atoms with E-state index in [4.69, 9.17) is 0 Å². The van der Waals surface area contributed by atoms with Crippen LogP contribution in [-0.4, -0.2) is 26.7 Å². The van der Waals surface area contributed by atoms with Gasteiger partial charge in [-0.05, 0) is 29.8 Å². The van der Waals surface area contributed by atoms with Crippen molar-refractivity contribution >= 4 is 34.1 Å². The molecule has 0 saturated heterocycles. The van der Waals surface area contributed by atoms with Crippen LogP contribution in [0, 0.1) is 0 Å². The predicted molar refractivity (Wildman–Crippen MR) is 123 cm³/mol. The van der Waals surface area contributed by atoms with E-state index >= 15 is 0 Å². The minimum Gasteiger partial charge on any atom is -0.350 e. The molecule has 5 aromatic rings. The summed E-state index contributed by atoms with van der Waals surface area (Å²) >= 11 is 0. The molecule has 0 atom stereocenters. The smallest absolute Gasteiger partial charge is 0.271 e. The van der Waals surface area contributed by atoms with E-state index in [1.54, 1.807) is 18.3 Å². The minimum atomic E-state index is -0.266. The zero-order valence-electron chi connectivity index (χ0n) is 17.0. The summed E-state index contributed by atoms with van der Waals surface area (Å²) in [6.45, 7) is 0. The summed E-state index contributed by atoms with van der Waals surface area (Å²) in [7, 11) is 1.99. The summed E-state index contributed by atoms with van der Waals surface area (Å²) < 4.78 is 2.04. The monoisotopic (exact) mass is 407 g/mol. The molecule has 0 spiro atoms. The molecule has 1 amide bonds. The lowest BCUT2D eigenvalue weighted by atomic mass is 10.1. The van der Waals surface area contributed by atoms with Gasteiger partial charge in [0.05, 0.1) is 17.2 Å². The fourth-order valence-corrected chi connectivity index (χ4v) is 3.78. The molecule has 3 aromatic carbocycles. The van der Waals surface area contributed by atoms with E-state index in [-0.39, 0.29) is 5.91 Å². The fraction of sp³-hybridized carbons (Fsp3) is 0.0800. The normalized spacial score (nSPS) is 11.5. The largest absolute Gasteiger partial charge is 0.350 e. The van der Waals surface area contributed by atoms with Crippen LogP contribution in [0.2, 0.25) is 0 Å². The van der Waals surface area contributed by atoms with Crippen molar-refractivity contribution in [3.8, 4) is 0 Å². The van der Waals surface area contributed by atoms with Gasteiger partial charge in [0, 0.05) is 41.7 Å². The van der Waals surface area contributed by atoms with E-state index < -0.39 is 0 Å². The molecular weight excluding hydrogens is 386 g/mol. The average Bonchev–Trinajstić information content (AvgIpc) is 3.34. The van der Waals surface area contributed by atoms with Crippen LogP contribution in [-0.2, 0) is 13.5 Å². The number of carbonyl (C=O) groups is 1. The maximum absolute atomic E-state index is 12.6. The van der Waals surface area contributed by atoms with Crippen molar-refractivity contribution in [3.05, 3.63) is 102 Å². The van der Waals surface area contributed by atoms with Crippen molar-refractivity contribution in [1.82, 2.24) is 20.0 Å². The Morgan fingerprint density at radius 1 is 1.10 bits per heavy atom. The van der Waals surface area contributed by atoms with Crippen LogP contribution < -0.4 is 5.43 Å². The first-order valence-corrected chi connectivity index (χ1v) is 10.1. The number of aromatic amines is 1. The van der Waals surface area contributed by atoms with Crippen LogP contribution in [0.25, 0.3) is 21.9 Å². The molecule has 0 radical (unpaired) electrons. The highest BCUT2D eigenvalue weighted by Crippen LogP contribution is 2.19. The van der Waals surface area contributed by atoms with Gasteiger partial charge in [0.1, 0.15) is 5.82 Å². The third kappa shape index (κ3) is 3.83. The quantitative estimate of drug-likeness (QED) is 0.334. The molecule has 2 heterocycles. The van der Waals surface area contributed by atoms with Gasteiger partial charge in [0.15, 0.2) is 0 Å². The Morgan fingerprint density at radius 2 is 1.90 bits per heavy atom. The van der Waals surface area contributed by atoms with E-state index in [1.165, 1.54) is 5.56 Å². The zero-order chi connectivity index (χ0) is 21.2. The Balaban J connectivity index is 1.32. The van der Waals surface area contributed by atoms with E-state index in [0.717, 1.165) is 33.3 Å². The molecule has 0 aliphatic rings. The van der Waals surface area contributed by atoms with Gasteiger partial charge in [-0.15, -0.1) is 0 Å². The van der Waals surface area contributed by atoms with Crippen LogP contribution in [0.4, 0.5) is 0 Å². The second kappa shape index (κ2) is 7.91. The number of nitrogens with zero attached hydrogens (tertiary/aromatic N) is 3. The lowest BCUT2D eigenvalue weighted by Gasteiger charge is -1.99. The third-order valence-corrected chi connectivity index (χ3v) is 5.31. The lowest BCUT2D eigenvalue weighted by Crippen LogP contribution is -2.17. The second-order valence-electron chi connectivity index (χ2n) is 7.49. The molecule has 152 valence electrons. The van der Waals surface area contributed by atoms with Crippen molar-refractivity contribution in [1.29, 1.82) is 0 Å². The molecule has 0 unspecified atom stereocenters. The molecule has 31 heavy (non-hydrogen) atoms. The van der Waals surface area contributed by atoms with Gasteiger partial charge in [0.2, 0.25) is 0 Å². The number of para-hydroxylation sites is 1. The number of fused-ring (bicyclic) bond motifs is 2. The molecule has 0 fully saturated rings. The maximum atomic E-state index is 12.6. The SMILES string of the molecule is Cn1cc(/C=N\NC(=O)c2ccc3nc(Cc4ccccc4)[nH]c3c2)c2ccccc21. The van der Waals surface area contributed by atoms with Crippen LogP contribution >= 0.6 is 0 Å². The Bertz CT molecular complexity index is 1410. The summed E-state index contributed by atoms with van der Waals surface area (Å²) in [5, 5.41) is 5.25. The first-order chi connectivity index (χ1) is 15.2. The van der Waals surface area contributed by atoms with Crippen LogP contribution in [0.3, 0.4) is 0 Å². The molecule has 5 rings (SSSR count). The van der Waals surface area contributed by atoms with Crippen molar-refractivity contribution in [2.24, 2.45) is 12.1 Å². The van der Waals surface area contributed by atoms with Crippen molar-refractivity contribution in [2.75, 3.05) is 0 Å². The number of aryl methyl sites for hydroxylation is 1. The molecule has 0 aliphatic carbocycles. The number of aromatic nitrogens is 3. The van der Waals surface area contributed by atoms with Crippen LogP contribution in [0.1, 0.15) is 27.3 Å². The second-order valence-corrected chi connectivity index (χ2v) is 7.49. The number of amides is 1. The number of imidazole rings is 1. The number of carbonyl (C=O) groups excluding carboxylic acids is 1. The first-order valence-electron chi connectivity index (χ1n) is 10.1. The van der Waals surface area contributed by atoms with Gasteiger partial charge >= 0.3 is 0 Å². The summed E-state index contributed by atoms with van der Waals surface area (Å²) in [4.78, 5) is 20.5. The van der Waals surface area contributed by atoms with Gasteiger partial charge < -0.3 is 9.55 Å². The van der Waals surface area contributed by atoms with Gasteiger partial charge in [-0.2, -0.15) is 5.10 Å². The number of benzene rings is 3. The average molecular weight is 407 g/mol. The Kier molecular flexibility index (Phi) is 4.80. The van der Waals surface area contributed by atoms with Gasteiger partial charge in [-0.1, -0.05) is 48.5 Å². The fourth-order valence-electron chi connectivity index (χ4n) is 3.78. The topological polar surface area (TPSA) is 75.1 Å². The minimum absolute atomic E-state index is 0.266. The molecule has 2 N–H and O–H groups in total. The van der Waals surface area contributed by atoms with E-state index in [2.05, 4.69) is 38.7 Å². The Hall–Kier alpha value is -4.19. The summed E-state index contributed by atoms with van der Waals surface area (Å²) in [5.41, 5.74) is 8.06. The number of hydrogen-bond acceptors (Lipinski definition) is 3. The molecule has 0 aliphatic heterocycles. The molecular formula is C25H21N5O. The standard InChI is InChI=1S/C25H21N5O/c1-30-16-19(20-9-5-6-10-23(20)30)15-26-29-25(31)18-11-12-21-22(14-18)28-24(27-21)13-17-7-3-2-4-8-17/h2-12,14-16H,13H2,1H3,(H,27,28)(H,29,31)/b26-15-. The van der Waals surface area contributed by atoms with Gasteiger partial charge in [-0.3, -0.25) is 4.79 Å². The van der Waals surface area contributed by atoms with Gasteiger partial charge in [0.25, 0.3) is 5.91 Å². The van der Waals surface area contributed by atoms with Crippen molar-refractivity contribution in [3.63, 3.8) is 0 Å². The first kappa shape index (κ1) is 18.8. The number of rotatable bonds is 5.